The number of benzene rings is 1. The molecular weight excluding hydrogens is 288 g/mol. The van der Waals surface area contributed by atoms with Gasteiger partial charge in [0.05, 0.1) is 30.7 Å². The van der Waals surface area contributed by atoms with Gasteiger partial charge in [-0.1, -0.05) is 36.3 Å². The van der Waals surface area contributed by atoms with E-state index >= 15 is 0 Å². The number of nitrogens with zero attached hydrogens (tertiary/aromatic N) is 3. The molecule has 1 aromatic carbocycles. The monoisotopic (exact) mass is 306 g/mol. The summed E-state index contributed by atoms with van der Waals surface area (Å²) in [4.78, 5) is 23.0. The molecule has 116 valence electrons. The van der Waals surface area contributed by atoms with E-state index in [1.807, 2.05) is 35.2 Å². The summed E-state index contributed by atoms with van der Waals surface area (Å²) in [7, 11) is 0. The van der Waals surface area contributed by atoms with Crippen molar-refractivity contribution in [3.63, 3.8) is 0 Å². The molecule has 1 aliphatic rings. The van der Waals surface area contributed by atoms with E-state index in [-0.39, 0.29) is 11.9 Å². The van der Waals surface area contributed by atoms with Gasteiger partial charge in [-0.3, -0.25) is 9.69 Å². The standard InChI is InChI=1S/C18H18N4O/c1-2-10-22-11-6-9-16(22)18(23)21-15-12-19-17(20-13-15)14-7-4-3-5-8-14/h1,3-5,7-8,12-13,16H,6,9-11H2,(H,21,23)/t16-/m0/s1. The Morgan fingerprint density at radius 2 is 2.04 bits per heavy atom. The van der Waals surface area contributed by atoms with Crippen LogP contribution in [0.15, 0.2) is 42.7 Å². The number of rotatable bonds is 4. The summed E-state index contributed by atoms with van der Waals surface area (Å²) in [5.74, 6) is 3.20. The predicted molar refractivity (Wildman–Crippen MR) is 89.5 cm³/mol. The maximum Gasteiger partial charge on any atom is 0.241 e. The topological polar surface area (TPSA) is 58.1 Å². The van der Waals surface area contributed by atoms with E-state index in [9.17, 15) is 4.79 Å². The molecule has 2 heterocycles. The van der Waals surface area contributed by atoms with Crippen molar-refractivity contribution in [3.05, 3.63) is 42.7 Å². The molecule has 1 fully saturated rings. The number of anilines is 1. The summed E-state index contributed by atoms with van der Waals surface area (Å²) in [6.45, 7) is 1.37. The summed E-state index contributed by atoms with van der Waals surface area (Å²) in [5.41, 5.74) is 1.55. The smallest absolute Gasteiger partial charge is 0.241 e. The lowest BCUT2D eigenvalue weighted by Crippen LogP contribution is -2.39. The van der Waals surface area contributed by atoms with Gasteiger partial charge in [-0.2, -0.15) is 0 Å². The van der Waals surface area contributed by atoms with E-state index < -0.39 is 0 Å². The lowest BCUT2D eigenvalue weighted by molar-refractivity contribution is -0.120. The fourth-order valence-corrected chi connectivity index (χ4v) is 2.78. The Morgan fingerprint density at radius 3 is 2.74 bits per heavy atom. The van der Waals surface area contributed by atoms with E-state index in [1.165, 1.54) is 0 Å². The van der Waals surface area contributed by atoms with Gasteiger partial charge in [-0.15, -0.1) is 6.42 Å². The molecule has 1 N–H and O–H groups in total. The molecule has 0 saturated carbocycles. The first kappa shape index (κ1) is 15.2. The Morgan fingerprint density at radius 1 is 1.30 bits per heavy atom. The molecule has 1 saturated heterocycles. The van der Waals surface area contributed by atoms with Gasteiger partial charge in [0, 0.05) is 5.56 Å². The van der Waals surface area contributed by atoms with Gasteiger partial charge in [-0.05, 0) is 19.4 Å². The van der Waals surface area contributed by atoms with Gasteiger partial charge in [0.2, 0.25) is 5.91 Å². The molecule has 23 heavy (non-hydrogen) atoms. The van der Waals surface area contributed by atoms with Crippen LogP contribution in [0.4, 0.5) is 5.69 Å². The molecular formula is C18H18N4O. The molecule has 5 nitrogen and oxygen atoms in total. The zero-order valence-electron chi connectivity index (χ0n) is 12.8. The van der Waals surface area contributed by atoms with Gasteiger partial charge in [0.1, 0.15) is 0 Å². The zero-order chi connectivity index (χ0) is 16.1. The van der Waals surface area contributed by atoms with Crippen molar-refractivity contribution in [2.24, 2.45) is 0 Å². The maximum absolute atomic E-state index is 12.4. The minimum absolute atomic E-state index is 0.0474. The fourth-order valence-electron chi connectivity index (χ4n) is 2.78. The number of carbonyl (C=O) groups excluding carboxylic acids is 1. The van der Waals surface area contributed by atoms with Gasteiger partial charge < -0.3 is 5.32 Å². The van der Waals surface area contributed by atoms with Crippen molar-refractivity contribution in [2.75, 3.05) is 18.4 Å². The SMILES string of the molecule is C#CCN1CCC[C@H]1C(=O)Nc1cnc(-c2ccccc2)nc1. The second-order valence-corrected chi connectivity index (χ2v) is 5.48. The Labute approximate surface area is 135 Å². The van der Waals surface area contributed by atoms with Gasteiger partial charge in [0.25, 0.3) is 0 Å². The predicted octanol–water partition coefficient (Wildman–Crippen LogP) is 2.18. The highest BCUT2D eigenvalue weighted by atomic mass is 16.2. The van der Waals surface area contributed by atoms with Gasteiger partial charge in [-0.25, -0.2) is 9.97 Å². The number of amides is 1. The molecule has 0 bridgehead atoms. The third-order valence-electron chi connectivity index (χ3n) is 3.91. The van der Waals surface area contributed by atoms with E-state index in [1.54, 1.807) is 12.4 Å². The third kappa shape index (κ3) is 3.55. The van der Waals surface area contributed by atoms with Crippen LogP contribution in [0.1, 0.15) is 12.8 Å². The molecule has 3 rings (SSSR count). The van der Waals surface area contributed by atoms with Crippen molar-refractivity contribution in [2.45, 2.75) is 18.9 Å². The summed E-state index contributed by atoms with van der Waals surface area (Å²) in [6.07, 6.45) is 10.4. The molecule has 0 aliphatic carbocycles. The first-order valence-corrected chi connectivity index (χ1v) is 7.64. The number of terminal acetylenes is 1. The van der Waals surface area contributed by atoms with Crippen molar-refractivity contribution < 1.29 is 4.79 Å². The Kier molecular flexibility index (Phi) is 4.65. The minimum Gasteiger partial charge on any atom is -0.322 e. The zero-order valence-corrected chi connectivity index (χ0v) is 12.8. The highest BCUT2D eigenvalue weighted by Crippen LogP contribution is 2.19. The number of hydrogen-bond acceptors (Lipinski definition) is 4. The van der Waals surface area contributed by atoms with E-state index in [0.29, 0.717) is 18.1 Å². The van der Waals surface area contributed by atoms with Crippen LogP contribution < -0.4 is 5.32 Å². The second kappa shape index (κ2) is 7.03. The fraction of sp³-hybridized carbons (Fsp3) is 0.278. The van der Waals surface area contributed by atoms with Crippen molar-refractivity contribution in [3.8, 4) is 23.7 Å². The van der Waals surface area contributed by atoms with Crippen LogP contribution in [0.2, 0.25) is 0 Å². The summed E-state index contributed by atoms with van der Waals surface area (Å²) in [5, 5.41) is 2.88. The molecule has 1 aliphatic heterocycles. The van der Waals surface area contributed by atoms with Crippen LogP contribution in [-0.4, -0.2) is 39.9 Å². The molecule has 2 aromatic rings. The summed E-state index contributed by atoms with van der Waals surface area (Å²) >= 11 is 0. The van der Waals surface area contributed by atoms with E-state index in [2.05, 4.69) is 21.2 Å². The molecule has 0 radical (unpaired) electrons. The summed E-state index contributed by atoms with van der Waals surface area (Å²) < 4.78 is 0. The molecule has 5 heteroatoms. The maximum atomic E-state index is 12.4. The Bertz CT molecular complexity index is 706. The number of carbonyl (C=O) groups is 1. The number of aromatic nitrogens is 2. The van der Waals surface area contributed by atoms with Crippen LogP contribution >= 0.6 is 0 Å². The number of likely N-dealkylation sites (tertiary alicyclic amines) is 1. The first-order valence-electron chi connectivity index (χ1n) is 7.64. The number of hydrogen-bond donors (Lipinski definition) is 1. The van der Waals surface area contributed by atoms with Crippen LogP contribution in [0.25, 0.3) is 11.4 Å². The lowest BCUT2D eigenvalue weighted by Gasteiger charge is -2.21. The average molecular weight is 306 g/mol. The number of nitrogens with one attached hydrogen (secondary N) is 1. The van der Waals surface area contributed by atoms with Crippen LogP contribution in [0, 0.1) is 12.3 Å². The average Bonchev–Trinajstić information content (AvgIpc) is 3.05. The lowest BCUT2D eigenvalue weighted by atomic mass is 10.2. The van der Waals surface area contributed by atoms with Gasteiger partial charge in [0.15, 0.2) is 5.82 Å². The third-order valence-corrected chi connectivity index (χ3v) is 3.91. The first-order chi connectivity index (χ1) is 11.3. The van der Waals surface area contributed by atoms with Gasteiger partial charge >= 0.3 is 0 Å². The molecule has 1 amide bonds. The Balaban J connectivity index is 1.66. The largest absolute Gasteiger partial charge is 0.322 e. The van der Waals surface area contributed by atoms with Crippen molar-refractivity contribution in [1.29, 1.82) is 0 Å². The molecule has 1 aromatic heterocycles. The normalized spacial score (nSPS) is 17.6. The highest BCUT2D eigenvalue weighted by molar-refractivity contribution is 5.94. The quantitative estimate of drug-likeness (QED) is 0.880. The highest BCUT2D eigenvalue weighted by Gasteiger charge is 2.30. The second-order valence-electron chi connectivity index (χ2n) is 5.48. The van der Waals surface area contributed by atoms with E-state index in [4.69, 9.17) is 6.42 Å². The van der Waals surface area contributed by atoms with Crippen LogP contribution in [0.5, 0.6) is 0 Å². The summed E-state index contributed by atoms with van der Waals surface area (Å²) in [6, 6.07) is 9.55. The van der Waals surface area contributed by atoms with Crippen LogP contribution in [-0.2, 0) is 4.79 Å². The minimum atomic E-state index is -0.167. The molecule has 1 atom stereocenters. The van der Waals surface area contributed by atoms with Crippen LogP contribution in [0.3, 0.4) is 0 Å². The molecule has 0 unspecified atom stereocenters. The molecule has 0 spiro atoms. The van der Waals surface area contributed by atoms with E-state index in [0.717, 1.165) is 24.9 Å². The Hall–Kier alpha value is -2.71. The van der Waals surface area contributed by atoms with Crippen molar-refractivity contribution in [1.82, 2.24) is 14.9 Å². The van der Waals surface area contributed by atoms with Crippen molar-refractivity contribution >= 4 is 11.6 Å².